The first-order chi connectivity index (χ1) is 9.61. The summed E-state index contributed by atoms with van der Waals surface area (Å²) in [6, 6.07) is 8.44. The van der Waals surface area contributed by atoms with Crippen molar-refractivity contribution in [3.8, 4) is 0 Å². The Kier molecular flexibility index (Phi) is 4.68. The first-order valence-electron chi connectivity index (χ1n) is 6.18. The molecular weight excluding hydrogens is 278 g/mol. The van der Waals surface area contributed by atoms with E-state index in [0.29, 0.717) is 22.0 Å². The second-order valence-corrected chi connectivity index (χ2v) is 5.85. The Labute approximate surface area is 119 Å². The predicted octanol–water partition coefficient (Wildman–Crippen LogP) is 2.47. The van der Waals surface area contributed by atoms with Gasteiger partial charge in [-0.3, -0.25) is 4.21 Å². The first-order valence-corrected chi connectivity index (χ1v) is 7.50. The van der Waals surface area contributed by atoms with Crippen molar-refractivity contribution in [2.75, 3.05) is 5.75 Å². The van der Waals surface area contributed by atoms with Crippen LogP contribution in [-0.4, -0.2) is 21.1 Å². The van der Waals surface area contributed by atoms with Gasteiger partial charge < -0.3 is 9.26 Å². The molecule has 0 bridgehead atoms. The molecule has 0 aliphatic heterocycles. The van der Waals surface area contributed by atoms with E-state index in [1.807, 2.05) is 0 Å². The molecule has 2 aromatic rings. The van der Waals surface area contributed by atoms with Gasteiger partial charge in [0.2, 0.25) is 0 Å². The Bertz CT molecular complexity index is 636. The molecule has 0 amide bonds. The van der Waals surface area contributed by atoms with Crippen LogP contribution in [0.4, 0.5) is 0 Å². The molecule has 0 aliphatic rings. The van der Waals surface area contributed by atoms with E-state index in [1.165, 1.54) is 0 Å². The van der Waals surface area contributed by atoms with Crippen molar-refractivity contribution in [1.82, 2.24) is 5.16 Å². The highest BCUT2D eigenvalue weighted by atomic mass is 32.2. The van der Waals surface area contributed by atoms with Crippen LogP contribution in [0.1, 0.15) is 28.7 Å². The minimum absolute atomic E-state index is 0.00671. The fraction of sp³-hybridized carbons (Fsp3) is 0.286. The highest BCUT2D eigenvalue weighted by Gasteiger charge is 2.16. The molecule has 1 aromatic heterocycles. The maximum atomic E-state index is 12.0. The molecule has 1 heterocycles. The molecule has 0 saturated heterocycles. The van der Waals surface area contributed by atoms with Gasteiger partial charge in [-0.2, -0.15) is 0 Å². The molecule has 0 saturated carbocycles. The monoisotopic (exact) mass is 293 g/mol. The largest absolute Gasteiger partial charge is 0.454 e. The number of hydrogen-bond acceptors (Lipinski definition) is 5. The van der Waals surface area contributed by atoms with Gasteiger partial charge in [0.25, 0.3) is 0 Å². The molecule has 2 rings (SSSR count). The van der Waals surface area contributed by atoms with Gasteiger partial charge in [-0.1, -0.05) is 24.2 Å². The van der Waals surface area contributed by atoms with Crippen LogP contribution in [0.2, 0.25) is 0 Å². The quantitative estimate of drug-likeness (QED) is 0.792. The number of hydrogen-bond donors (Lipinski definition) is 0. The summed E-state index contributed by atoms with van der Waals surface area (Å²) in [4.78, 5) is 12.5. The lowest BCUT2D eigenvalue weighted by atomic mass is 10.2. The lowest BCUT2D eigenvalue weighted by molar-refractivity contribution is 0.0433. The minimum atomic E-state index is -1.20. The maximum Gasteiger partial charge on any atom is 0.339 e. The van der Waals surface area contributed by atoms with Gasteiger partial charge in [-0.15, -0.1) is 0 Å². The number of aromatic nitrogens is 1. The molecule has 0 spiro atoms. The zero-order valence-corrected chi connectivity index (χ0v) is 12.1. The van der Waals surface area contributed by atoms with Crippen LogP contribution in [0, 0.1) is 6.92 Å². The van der Waals surface area contributed by atoms with Gasteiger partial charge in [0.05, 0.1) is 27.0 Å². The third-order valence-electron chi connectivity index (χ3n) is 2.64. The molecule has 0 aliphatic carbocycles. The topological polar surface area (TPSA) is 69.4 Å². The lowest BCUT2D eigenvalue weighted by Gasteiger charge is -2.07. The summed E-state index contributed by atoms with van der Waals surface area (Å²) in [5, 5.41) is 3.71. The Morgan fingerprint density at radius 2 is 2.15 bits per heavy atom. The number of benzene rings is 1. The summed E-state index contributed by atoms with van der Waals surface area (Å²) in [6.07, 6.45) is 0. The predicted molar refractivity (Wildman–Crippen MR) is 73.8 cm³/mol. The highest BCUT2D eigenvalue weighted by molar-refractivity contribution is 7.85. The zero-order valence-electron chi connectivity index (χ0n) is 11.3. The van der Waals surface area contributed by atoms with Crippen molar-refractivity contribution in [3.63, 3.8) is 0 Å². The molecule has 6 heteroatoms. The lowest BCUT2D eigenvalue weighted by Crippen LogP contribution is -2.09. The fourth-order valence-electron chi connectivity index (χ4n) is 1.69. The zero-order chi connectivity index (χ0) is 14.5. The number of carbonyl (C=O) groups is 1. The summed E-state index contributed by atoms with van der Waals surface area (Å²) in [5.74, 6) is 0.410. The van der Waals surface area contributed by atoms with Crippen LogP contribution >= 0.6 is 0 Å². The molecule has 0 fully saturated rings. The molecule has 0 N–H and O–H groups in total. The van der Waals surface area contributed by atoms with Gasteiger partial charge >= 0.3 is 5.97 Å². The molecule has 0 radical (unpaired) electrons. The number of aryl methyl sites for hydroxylation is 1. The number of nitrogens with zero attached hydrogens (tertiary/aromatic N) is 1. The first kappa shape index (κ1) is 14.5. The smallest absolute Gasteiger partial charge is 0.339 e. The Morgan fingerprint density at radius 3 is 2.80 bits per heavy atom. The summed E-state index contributed by atoms with van der Waals surface area (Å²) in [5.41, 5.74) is 1.05. The summed E-state index contributed by atoms with van der Waals surface area (Å²) >= 11 is 0. The Hall–Kier alpha value is -1.95. The van der Waals surface area contributed by atoms with Crippen LogP contribution in [0.5, 0.6) is 0 Å². The molecule has 5 nitrogen and oxygen atoms in total. The number of ether oxygens (including phenoxy) is 1. The number of carbonyl (C=O) groups excluding carboxylic acids is 1. The summed E-state index contributed by atoms with van der Waals surface area (Å²) in [7, 11) is -1.20. The van der Waals surface area contributed by atoms with Gasteiger partial charge in [0.15, 0.2) is 12.4 Å². The summed E-state index contributed by atoms with van der Waals surface area (Å²) in [6.45, 7) is 3.59. The standard InChI is InChI=1S/C14H15NO4S/c1-3-20(17)13-7-5-4-6-12(13)14(16)18-9-11-8-10(2)15-19-11/h4-8H,3,9H2,1-2H3/t20-/m1/s1. The second kappa shape index (κ2) is 6.47. The van der Waals surface area contributed by atoms with Crippen LogP contribution < -0.4 is 0 Å². The second-order valence-electron chi connectivity index (χ2n) is 4.14. The van der Waals surface area contributed by atoms with Gasteiger partial charge in [0, 0.05) is 11.8 Å². The average Bonchev–Trinajstić information content (AvgIpc) is 2.89. The van der Waals surface area contributed by atoms with Crippen LogP contribution in [-0.2, 0) is 22.1 Å². The maximum absolute atomic E-state index is 12.0. The third-order valence-corrected chi connectivity index (χ3v) is 4.01. The van der Waals surface area contributed by atoms with Crippen LogP contribution in [0.15, 0.2) is 39.8 Å². The normalized spacial score (nSPS) is 12.1. The summed E-state index contributed by atoms with van der Waals surface area (Å²) < 4.78 is 22.0. The van der Waals surface area contributed by atoms with E-state index in [1.54, 1.807) is 44.2 Å². The van der Waals surface area contributed by atoms with Crippen LogP contribution in [0.25, 0.3) is 0 Å². The average molecular weight is 293 g/mol. The van der Waals surface area contributed by atoms with E-state index in [-0.39, 0.29) is 6.61 Å². The molecule has 1 atom stereocenters. The van der Waals surface area contributed by atoms with Crippen molar-refractivity contribution in [2.45, 2.75) is 25.3 Å². The van der Waals surface area contributed by atoms with Crippen molar-refractivity contribution in [2.24, 2.45) is 0 Å². The van der Waals surface area contributed by atoms with Crippen molar-refractivity contribution in [3.05, 3.63) is 47.3 Å². The van der Waals surface area contributed by atoms with Crippen molar-refractivity contribution >= 4 is 16.8 Å². The Morgan fingerprint density at radius 1 is 1.40 bits per heavy atom. The van der Waals surface area contributed by atoms with E-state index in [0.717, 1.165) is 5.69 Å². The van der Waals surface area contributed by atoms with Gasteiger partial charge in [0.1, 0.15) is 0 Å². The third kappa shape index (κ3) is 3.33. The molecule has 0 unspecified atom stereocenters. The van der Waals surface area contributed by atoms with E-state index in [2.05, 4.69) is 5.16 Å². The van der Waals surface area contributed by atoms with Crippen molar-refractivity contribution in [1.29, 1.82) is 0 Å². The highest BCUT2D eigenvalue weighted by Crippen LogP contribution is 2.16. The Balaban J connectivity index is 2.11. The SMILES string of the molecule is CC[S@@](=O)c1ccccc1C(=O)OCc1cc(C)no1. The minimum Gasteiger partial charge on any atom is -0.454 e. The van der Waals surface area contributed by atoms with Crippen molar-refractivity contribution < 1.29 is 18.3 Å². The van der Waals surface area contributed by atoms with Gasteiger partial charge in [-0.05, 0) is 19.1 Å². The molecule has 1 aromatic carbocycles. The molecule has 106 valence electrons. The molecule has 20 heavy (non-hydrogen) atoms. The van der Waals surface area contributed by atoms with E-state index in [4.69, 9.17) is 9.26 Å². The van der Waals surface area contributed by atoms with E-state index >= 15 is 0 Å². The fourth-order valence-corrected chi connectivity index (χ4v) is 2.63. The van der Waals surface area contributed by atoms with Gasteiger partial charge in [-0.25, -0.2) is 4.79 Å². The van der Waals surface area contributed by atoms with E-state index in [9.17, 15) is 9.00 Å². The molecular formula is C14H15NO4S. The number of esters is 1. The van der Waals surface area contributed by atoms with E-state index < -0.39 is 16.8 Å². The number of rotatable bonds is 5. The van der Waals surface area contributed by atoms with Crippen LogP contribution in [0.3, 0.4) is 0 Å².